The van der Waals surface area contributed by atoms with Gasteiger partial charge >= 0.3 is 0 Å². The number of hydrogen-bond donors (Lipinski definition) is 1. The van der Waals surface area contributed by atoms with Crippen LogP contribution < -0.4 is 5.32 Å². The highest BCUT2D eigenvalue weighted by molar-refractivity contribution is 4.83. The van der Waals surface area contributed by atoms with Crippen molar-refractivity contribution in [3.05, 3.63) is 0 Å². The molecule has 1 atom stereocenters. The summed E-state index contributed by atoms with van der Waals surface area (Å²) in [5.41, 5.74) is 0. The van der Waals surface area contributed by atoms with E-state index < -0.39 is 5.79 Å². The maximum absolute atomic E-state index is 5.70. The Balaban J connectivity index is 1.76. The van der Waals surface area contributed by atoms with Crippen LogP contribution in [0.4, 0.5) is 0 Å². The highest BCUT2D eigenvalue weighted by atomic mass is 16.7. The van der Waals surface area contributed by atoms with Gasteiger partial charge in [0.25, 0.3) is 0 Å². The first-order valence-electron chi connectivity index (χ1n) is 7.73. The summed E-state index contributed by atoms with van der Waals surface area (Å²) < 4.78 is 11.4. The van der Waals surface area contributed by atoms with Crippen LogP contribution >= 0.6 is 0 Å². The molecule has 2 aliphatic rings. The van der Waals surface area contributed by atoms with Crippen molar-refractivity contribution in [3.63, 3.8) is 0 Å². The van der Waals surface area contributed by atoms with E-state index in [1.165, 1.54) is 25.9 Å². The molecule has 0 radical (unpaired) electrons. The number of nitrogens with zero attached hydrogens (tertiary/aromatic N) is 1. The van der Waals surface area contributed by atoms with Crippen LogP contribution in [0.2, 0.25) is 0 Å². The maximum Gasteiger partial charge on any atom is 0.162 e. The van der Waals surface area contributed by atoms with Gasteiger partial charge < -0.3 is 14.8 Å². The predicted molar refractivity (Wildman–Crippen MR) is 77.2 cm³/mol. The Morgan fingerprint density at radius 3 is 2.26 bits per heavy atom. The molecule has 2 fully saturated rings. The van der Waals surface area contributed by atoms with Gasteiger partial charge in [0, 0.05) is 12.6 Å². The standard InChI is InChI=1S/C15H30N2O2/c1-12(2)14(17-7-5-6-8-17)9-16-13-10-18-15(3,4)19-11-13/h12-14,16H,5-11H2,1-4H3. The number of likely N-dealkylation sites (tertiary alicyclic amines) is 1. The number of hydrogen-bond acceptors (Lipinski definition) is 4. The van der Waals surface area contributed by atoms with Crippen LogP contribution in [-0.4, -0.2) is 55.6 Å². The van der Waals surface area contributed by atoms with Crippen molar-refractivity contribution < 1.29 is 9.47 Å². The lowest BCUT2D eigenvalue weighted by Crippen LogP contribution is -2.53. The van der Waals surface area contributed by atoms with Crippen molar-refractivity contribution >= 4 is 0 Å². The molecule has 2 rings (SSSR count). The molecular formula is C15H30N2O2. The van der Waals surface area contributed by atoms with Gasteiger partial charge in [-0.15, -0.1) is 0 Å². The molecule has 0 amide bonds. The van der Waals surface area contributed by atoms with Gasteiger partial charge in [-0.1, -0.05) is 13.8 Å². The summed E-state index contributed by atoms with van der Waals surface area (Å²) in [4.78, 5) is 2.63. The topological polar surface area (TPSA) is 33.7 Å². The molecular weight excluding hydrogens is 240 g/mol. The second-order valence-corrected chi connectivity index (χ2v) is 6.68. The van der Waals surface area contributed by atoms with Gasteiger partial charge in [-0.25, -0.2) is 0 Å². The zero-order valence-electron chi connectivity index (χ0n) is 12.9. The minimum Gasteiger partial charge on any atom is -0.349 e. The Morgan fingerprint density at radius 2 is 1.74 bits per heavy atom. The van der Waals surface area contributed by atoms with E-state index in [1.54, 1.807) is 0 Å². The molecule has 1 N–H and O–H groups in total. The first-order chi connectivity index (χ1) is 8.98. The van der Waals surface area contributed by atoms with Gasteiger partial charge in [0.05, 0.1) is 19.3 Å². The lowest BCUT2D eigenvalue weighted by atomic mass is 10.0. The molecule has 2 heterocycles. The fourth-order valence-electron chi connectivity index (χ4n) is 2.96. The van der Waals surface area contributed by atoms with Crippen LogP contribution in [0.5, 0.6) is 0 Å². The van der Waals surface area contributed by atoms with Crippen molar-refractivity contribution in [2.24, 2.45) is 5.92 Å². The fraction of sp³-hybridized carbons (Fsp3) is 1.00. The highest BCUT2D eigenvalue weighted by Crippen LogP contribution is 2.19. The summed E-state index contributed by atoms with van der Waals surface area (Å²) in [7, 11) is 0. The van der Waals surface area contributed by atoms with Crippen LogP contribution in [0.3, 0.4) is 0 Å². The monoisotopic (exact) mass is 270 g/mol. The molecule has 0 spiro atoms. The smallest absolute Gasteiger partial charge is 0.162 e. The van der Waals surface area contributed by atoms with Gasteiger partial charge in [-0.05, 0) is 45.7 Å². The molecule has 0 aromatic rings. The molecule has 0 aromatic heterocycles. The van der Waals surface area contributed by atoms with Gasteiger partial charge in [-0.2, -0.15) is 0 Å². The molecule has 0 aromatic carbocycles. The van der Waals surface area contributed by atoms with Crippen LogP contribution in [0.15, 0.2) is 0 Å². The summed E-state index contributed by atoms with van der Waals surface area (Å²) in [5.74, 6) is 0.275. The summed E-state index contributed by atoms with van der Waals surface area (Å²) >= 11 is 0. The SMILES string of the molecule is CC(C)C(CNC1COC(C)(C)OC1)N1CCCC1. The van der Waals surface area contributed by atoms with E-state index in [2.05, 4.69) is 24.1 Å². The minimum atomic E-state index is -0.412. The van der Waals surface area contributed by atoms with Gasteiger partial charge in [0.15, 0.2) is 5.79 Å². The van der Waals surface area contributed by atoms with Crippen molar-refractivity contribution in [3.8, 4) is 0 Å². The van der Waals surface area contributed by atoms with Gasteiger partial charge in [-0.3, -0.25) is 4.90 Å². The predicted octanol–water partition coefficient (Wildman–Crippen LogP) is 1.85. The normalized spacial score (nSPS) is 27.0. The molecule has 2 saturated heterocycles. The van der Waals surface area contributed by atoms with Crippen molar-refractivity contribution in [1.29, 1.82) is 0 Å². The van der Waals surface area contributed by atoms with Crippen molar-refractivity contribution in [2.75, 3.05) is 32.8 Å². The highest BCUT2D eigenvalue weighted by Gasteiger charge is 2.30. The van der Waals surface area contributed by atoms with Crippen LogP contribution in [-0.2, 0) is 9.47 Å². The molecule has 0 bridgehead atoms. The molecule has 4 heteroatoms. The molecule has 1 unspecified atom stereocenters. The van der Waals surface area contributed by atoms with E-state index in [4.69, 9.17) is 9.47 Å². The number of ether oxygens (including phenoxy) is 2. The Labute approximate surface area is 117 Å². The third-order valence-electron chi connectivity index (χ3n) is 4.26. The Hall–Kier alpha value is -0.160. The van der Waals surface area contributed by atoms with E-state index in [-0.39, 0.29) is 0 Å². The van der Waals surface area contributed by atoms with Crippen LogP contribution in [0.1, 0.15) is 40.5 Å². The molecule has 2 aliphatic heterocycles. The Bertz CT molecular complexity index is 265. The average Bonchev–Trinajstić information content (AvgIpc) is 2.84. The second kappa shape index (κ2) is 6.53. The number of rotatable bonds is 5. The zero-order valence-corrected chi connectivity index (χ0v) is 12.9. The van der Waals surface area contributed by atoms with Crippen molar-refractivity contribution in [2.45, 2.75) is 58.4 Å². The quantitative estimate of drug-likeness (QED) is 0.826. The van der Waals surface area contributed by atoms with E-state index in [0.717, 1.165) is 19.8 Å². The second-order valence-electron chi connectivity index (χ2n) is 6.68. The largest absolute Gasteiger partial charge is 0.349 e. The summed E-state index contributed by atoms with van der Waals surface area (Å²) in [6.45, 7) is 13.6. The average molecular weight is 270 g/mol. The Kier molecular flexibility index (Phi) is 5.23. The molecule has 112 valence electrons. The van der Waals surface area contributed by atoms with E-state index in [0.29, 0.717) is 18.0 Å². The van der Waals surface area contributed by atoms with Gasteiger partial charge in [0.2, 0.25) is 0 Å². The number of nitrogens with one attached hydrogen (secondary N) is 1. The van der Waals surface area contributed by atoms with Gasteiger partial charge in [0.1, 0.15) is 0 Å². The van der Waals surface area contributed by atoms with E-state index in [1.807, 2.05) is 13.8 Å². The van der Waals surface area contributed by atoms with Crippen molar-refractivity contribution in [1.82, 2.24) is 10.2 Å². The Morgan fingerprint density at radius 1 is 1.16 bits per heavy atom. The first-order valence-corrected chi connectivity index (χ1v) is 7.73. The van der Waals surface area contributed by atoms with E-state index >= 15 is 0 Å². The van der Waals surface area contributed by atoms with E-state index in [9.17, 15) is 0 Å². The maximum atomic E-state index is 5.70. The first kappa shape index (κ1) is 15.2. The summed E-state index contributed by atoms with van der Waals surface area (Å²) in [5, 5.41) is 3.63. The third-order valence-corrected chi connectivity index (χ3v) is 4.26. The minimum absolute atomic E-state index is 0.330. The third kappa shape index (κ3) is 4.42. The van der Waals surface area contributed by atoms with Crippen LogP contribution in [0.25, 0.3) is 0 Å². The zero-order chi connectivity index (χ0) is 13.9. The lowest BCUT2D eigenvalue weighted by molar-refractivity contribution is -0.253. The lowest BCUT2D eigenvalue weighted by Gasteiger charge is -2.37. The molecule has 0 saturated carbocycles. The van der Waals surface area contributed by atoms with Crippen LogP contribution in [0, 0.1) is 5.92 Å². The fourth-order valence-corrected chi connectivity index (χ4v) is 2.96. The molecule has 4 nitrogen and oxygen atoms in total. The molecule has 19 heavy (non-hydrogen) atoms. The summed E-state index contributed by atoms with van der Waals surface area (Å²) in [6, 6.07) is 0.967. The molecule has 0 aliphatic carbocycles. The summed E-state index contributed by atoms with van der Waals surface area (Å²) in [6.07, 6.45) is 2.71.